The van der Waals surface area contributed by atoms with Gasteiger partial charge in [0.05, 0.1) is 11.3 Å². The van der Waals surface area contributed by atoms with Crippen molar-refractivity contribution in [3.8, 4) is 22.4 Å². The average Bonchev–Trinajstić information content (AvgIpc) is 3.48. The van der Waals surface area contributed by atoms with Gasteiger partial charge in [-0.25, -0.2) is 4.98 Å². The summed E-state index contributed by atoms with van der Waals surface area (Å²) in [5.74, 6) is 1.20. The average molecular weight is 880 g/mol. The topological polar surface area (TPSA) is 63.1 Å². The zero-order valence-corrected chi connectivity index (χ0v) is 35.2. The van der Waals surface area contributed by atoms with Crippen LogP contribution in [0.1, 0.15) is 110 Å². The largest absolute Gasteiger partial charge is 0.512 e. The molecule has 0 aliphatic heterocycles. The number of nitrogens with zero attached hydrogens (tertiary/aromatic N) is 2. The summed E-state index contributed by atoms with van der Waals surface area (Å²) in [7, 11) is 0. The van der Waals surface area contributed by atoms with E-state index in [0.29, 0.717) is 5.92 Å². The quantitative estimate of drug-likeness (QED) is 0.0862. The number of hydrogen-bond acceptors (Lipinski definition) is 5. The second kappa shape index (κ2) is 17.6. The third-order valence-electron chi connectivity index (χ3n) is 10.2. The van der Waals surface area contributed by atoms with Crippen molar-refractivity contribution in [3.05, 3.63) is 94.3 Å². The summed E-state index contributed by atoms with van der Waals surface area (Å²) in [5.41, 5.74) is 10.2. The smallest absolute Gasteiger partial charge is 0.162 e. The molecule has 1 aliphatic carbocycles. The Bertz CT molecular complexity index is 1990. The molecule has 1 N–H and O–H groups in total. The molecule has 5 aromatic rings. The number of fused-ring (bicyclic) bond motifs is 6. The fourth-order valence-corrected chi connectivity index (χ4v) is 8.66. The molecule has 4 nitrogen and oxygen atoms in total. The molecule has 0 atom stereocenters. The van der Waals surface area contributed by atoms with Gasteiger partial charge in [-0.2, -0.15) is 0 Å². The van der Waals surface area contributed by atoms with E-state index >= 15 is 0 Å². The fourth-order valence-electron chi connectivity index (χ4n) is 7.39. The maximum absolute atomic E-state index is 11.7. The number of carbonyl (C=O) groups is 1. The fraction of sp³-hybridized carbons (Fsp3) is 0.444. The Kier molecular flexibility index (Phi) is 14.0. The molecule has 2 heterocycles. The van der Waals surface area contributed by atoms with Crippen LogP contribution in [-0.2, 0) is 49.6 Å². The number of carbonyl (C=O) groups excluding carboxylic acids is 1. The second-order valence-electron chi connectivity index (χ2n) is 15.2. The van der Waals surface area contributed by atoms with Crippen LogP contribution < -0.4 is 0 Å². The molecule has 1 radical (unpaired) electrons. The Hall–Kier alpha value is -3.18. The normalized spacial score (nSPS) is 12.9. The van der Waals surface area contributed by atoms with Gasteiger partial charge in [0.2, 0.25) is 0 Å². The Morgan fingerprint density at radius 1 is 0.941 bits per heavy atom. The van der Waals surface area contributed by atoms with Crippen molar-refractivity contribution in [2.45, 2.75) is 113 Å². The van der Waals surface area contributed by atoms with Crippen molar-refractivity contribution in [2.24, 2.45) is 17.8 Å². The number of hydrogen-bond donors (Lipinski definition) is 1. The Balaban J connectivity index is 0.000000312. The van der Waals surface area contributed by atoms with Crippen LogP contribution in [0.15, 0.2) is 66.7 Å². The van der Waals surface area contributed by atoms with Crippen molar-refractivity contribution in [2.75, 3.05) is 0 Å². The summed E-state index contributed by atoms with van der Waals surface area (Å²) in [6.45, 7) is 19.5. The molecule has 0 amide bonds. The number of allylic oxidation sites excluding steroid dienone is 2. The van der Waals surface area contributed by atoms with Gasteiger partial charge in [0, 0.05) is 58.9 Å². The maximum atomic E-state index is 11.7. The molecule has 0 saturated carbocycles. The summed E-state index contributed by atoms with van der Waals surface area (Å²) in [4.78, 5) is 22.8. The zero-order chi connectivity index (χ0) is 36.2. The summed E-state index contributed by atoms with van der Waals surface area (Å²) in [6.07, 6.45) is 9.96. The van der Waals surface area contributed by atoms with Crippen LogP contribution in [0.4, 0.5) is 0 Å². The van der Waals surface area contributed by atoms with E-state index in [1.165, 1.54) is 48.9 Å². The van der Waals surface area contributed by atoms with Crippen LogP contribution in [0.2, 0.25) is 0 Å². The van der Waals surface area contributed by atoms with Gasteiger partial charge in [-0.1, -0.05) is 110 Å². The predicted molar refractivity (Wildman–Crippen MR) is 213 cm³/mol. The third kappa shape index (κ3) is 8.90. The molecule has 1 aliphatic rings. The third-order valence-corrected chi connectivity index (χ3v) is 11.5. The summed E-state index contributed by atoms with van der Waals surface area (Å²) < 4.78 is 1.19. The summed E-state index contributed by atoms with van der Waals surface area (Å²) in [5, 5.41) is 12.2. The molecule has 273 valence electrons. The van der Waals surface area contributed by atoms with Crippen LogP contribution in [0.25, 0.3) is 43.4 Å². The number of benzene rings is 3. The molecular weight excluding hydrogens is 825 g/mol. The molecule has 0 spiro atoms. The first kappa shape index (κ1) is 40.6. The van der Waals surface area contributed by atoms with Crippen molar-refractivity contribution in [3.63, 3.8) is 0 Å². The van der Waals surface area contributed by atoms with Gasteiger partial charge >= 0.3 is 0 Å². The van der Waals surface area contributed by atoms with Gasteiger partial charge in [0.1, 0.15) is 6.33 Å². The molecule has 0 fully saturated rings. The van der Waals surface area contributed by atoms with E-state index in [2.05, 4.69) is 89.2 Å². The SMILES string of the molecule is CC(C)Cc1cccc2c1CCc1sc3c(-c4[c-]c5ccccc5c(C(C)(C)C)c4)ncnc3c1-2.CCC(CC)C(=O)/C=C(\O)C(CC)CC.[Ir]. The van der Waals surface area contributed by atoms with E-state index in [9.17, 15) is 9.90 Å². The predicted octanol–water partition coefficient (Wildman–Crippen LogP) is 12.4. The van der Waals surface area contributed by atoms with Crippen molar-refractivity contribution < 1.29 is 30.0 Å². The number of rotatable bonds is 10. The summed E-state index contributed by atoms with van der Waals surface area (Å²) in [6, 6.07) is 21.4. The number of aromatic nitrogens is 2. The maximum Gasteiger partial charge on any atom is 0.162 e. The molecule has 0 bridgehead atoms. The monoisotopic (exact) mass is 880 g/mol. The standard InChI is InChI=1S/C32H31N2S.C13H24O2.Ir/c1-19(2)15-20-10-8-12-25-23(20)13-14-27-28(25)30-31(35-27)29(33-18-34-30)22-16-21-9-6-7-11-24(21)26(17-22)32(3,4)5;1-5-10(6-2)12(14)9-13(15)11(7-3)8-4;/h6-12,17-19H,13-15H2,1-5H3;9-11,14H,5-8H2,1-4H3;/q-1;;/b;12-9-;. The summed E-state index contributed by atoms with van der Waals surface area (Å²) >= 11 is 1.88. The molecule has 3 aromatic carbocycles. The van der Waals surface area contributed by atoms with E-state index in [-0.39, 0.29) is 48.9 Å². The number of ketones is 1. The number of aryl methyl sites for hydroxylation is 1. The second-order valence-corrected chi connectivity index (χ2v) is 16.3. The van der Waals surface area contributed by atoms with E-state index < -0.39 is 0 Å². The van der Waals surface area contributed by atoms with E-state index in [0.717, 1.165) is 67.1 Å². The van der Waals surface area contributed by atoms with E-state index in [1.807, 2.05) is 39.0 Å². The molecule has 0 unspecified atom stereocenters. The van der Waals surface area contributed by atoms with Gasteiger partial charge < -0.3 is 5.11 Å². The minimum absolute atomic E-state index is 0. The van der Waals surface area contributed by atoms with Crippen LogP contribution in [0, 0.1) is 23.8 Å². The molecule has 51 heavy (non-hydrogen) atoms. The van der Waals surface area contributed by atoms with Gasteiger partial charge in [-0.05, 0) is 73.0 Å². The Morgan fingerprint density at radius 3 is 2.27 bits per heavy atom. The van der Waals surface area contributed by atoms with Crippen LogP contribution in [0.5, 0.6) is 0 Å². The van der Waals surface area contributed by atoms with Crippen molar-refractivity contribution in [1.29, 1.82) is 0 Å². The van der Waals surface area contributed by atoms with Crippen LogP contribution in [0.3, 0.4) is 0 Å². The molecular formula is C45H55IrN2O2S-. The van der Waals surface area contributed by atoms with Gasteiger partial charge in [-0.15, -0.1) is 40.5 Å². The number of aliphatic hydroxyl groups is 1. The van der Waals surface area contributed by atoms with Gasteiger partial charge in [0.25, 0.3) is 0 Å². The first-order valence-electron chi connectivity index (χ1n) is 18.7. The first-order valence-corrected chi connectivity index (χ1v) is 19.5. The minimum atomic E-state index is 0. The van der Waals surface area contributed by atoms with Crippen LogP contribution >= 0.6 is 11.3 Å². The minimum Gasteiger partial charge on any atom is -0.512 e. The molecule has 0 saturated heterocycles. The molecule has 6 heteroatoms. The van der Waals surface area contributed by atoms with Crippen molar-refractivity contribution in [1.82, 2.24) is 9.97 Å². The van der Waals surface area contributed by atoms with Crippen LogP contribution in [-0.4, -0.2) is 20.9 Å². The van der Waals surface area contributed by atoms with Gasteiger partial charge in [-0.3, -0.25) is 9.78 Å². The van der Waals surface area contributed by atoms with Crippen molar-refractivity contribution >= 4 is 38.1 Å². The number of aliphatic hydroxyl groups excluding tert-OH is 1. The number of thiophene rings is 1. The van der Waals surface area contributed by atoms with Gasteiger partial charge in [0.15, 0.2) is 5.78 Å². The Labute approximate surface area is 323 Å². The molecule has 6 rings (SSSR count). The zero-order valence-electron chi connectivity index (χ0n) is 31.9. The van der Waals surface area contributed by atoms with E-state index in [1.54, 1.807) is 6.33 Å². The van der Waals surface area contributed by atoms with E-state index in [4.69, 9.17) is 9.97 Å². The molecule has 2 aromatic heterocycles. The first-order chi connectivity index (χ1) is 23.9. The Morgan fingerprint density at radius 2 is 1.63 bits per heavy atom.